The zero-order chi connectivity index (χ0) is 10.7. The van der Waals surface area contributed by atoms with Gasteiger partial charge in [0.05, 0.1) is 17.8 Å². The molecule has 0 aromatic carbocycles. The molecule has 0 spiro atoms. The second-order valence-electron chi connectivity index (χ2n) is 3.06. The first-order chi connectivity index (χ1) is 6.50. The molecule has 1 heterocycles. The lowest BCUT2D eigenvalue weighted by atomic mass is 10.3. The summed E-state index contributed by atoms with van der Waals surface area (Å²) in [7, 11) is 0. The van der Waals surface area contributed by atoms with Crippen LogP contribution in [0.5, 0.6) is 0 Å². The topological polar surface area (TPSA) is 61.0 Å². The standard InChI is InChI=1S/C8H10BrN3O2/c1-6(2)3-4-11-5-7(9)8(10-11)12(13)14/h3,5H,4H2,1-2H3. The van der Waals surface area contributed by atoms with Gasteiger partial charge in [-0.2, -0.15) is 4.68 Å². The lowest BCUT2D eigenvalue weighted by Crippen LogP contribution is -1.97. The van der Waals surface area contributed by atoms with Gasteiger partial charge in [-0.05, 0) is 34.7 Å². The van der Waals surface area contributed by atoms with Crippen LogP contribution >= 0.6 is 15.9 Å². The van der Waals surface area contributed by atoms with E-state index in [4.69, 9.17) is 0 Å². The Labute approximate surface area is 89.7 Å². The summed E-state index contributed by atoms with van der Waals surface area (Å²) in [5, 5.41) is 14.3. The van der Waals surface area contributed by atoms with Gasteiger partial charge < -0.3 is 10.1 Å². The van der Waals surface area contributed by atoms with Crippen LogP contribution in [0.2, 0.25) is 0 Å². The van der Waals surface area contributed by atoms with Gasteiger partial charge in [-0.1, -0.05) is 11.6 Å². The van der Waals surface area contributed by atoms with Gasteiger partial charge in [0.2, 0.25) is 0 Å². The lowest BCUT2D eigenvalue weighted by molar-refractivity contribution is -0.390. The summed E-state index contributed by atoms with van der Waals surface area (Å²) in [6.45, 7) is 4.48. The molecule has 0 fully saturated rings. The smallest absolute Gasteiger partial charge is 0.358 e. The van der Waals surface area contributed by atoms with Crippen LogP contribution in [0.4, 0.5) is 5.82 Å². The molecule has 0 atom stereocenters. The Morgan fingerprint density at radius 2 is 2.43 bits per heavy atom. The number of nitro groups is 1. The summed E-state index contributed by atoms with van der Waals surface area (Å²) >= 11 is 3.08. The van der Waals surface area contributed by atoms with Crippen molar-refractivity contribution >= 4 is 21.7 Å². The first-order valence-corrected chi connectivity index (χ1v) is 4.80. The van der Waals surface area contributed by atoms with Crippen LogP contribution < -0.4 is 0 Å². The molecule has 1 aromatic rings. The molecule has 1 aromatic heterocycles. The van der Waals surface area contributed by atoms with Crippen molar-refractivity contribution in [2.24, 2.45) is 0 Å². The molecule has 0 aliphatic rings. The molecule has 1 rings (SSSR count). The number of aromatic nitrogens is 2. The zero-order valence-electron chi connectivity index (χ0n) is 7.90. The molecule has 14 heavy (non-hydrogen) atoms. The number of hydrogen-bond acceptors (Lipinski definition) is 3. The first kappa shape index (κ1) is 10.9. The number of hydrogen-bond donors (Lipinski definition) is 0. The molecule has 0 amide bonds. The van der Waals surface area contributed by atoms with Gasteiger partial charge >= 0.3 is 5.82 Å². The van der Waals surface area contributed by atoms with Crippen molar-refractivity contribution in [3.8, 4) is 0 Å². The van der Waals surface area contributed by atoms with Crippen molar-refractivity contribution in [2.75, 3.05) is 0 Å². The highest BCUT2D eigenvalue weighted by Crippen LogP contribution is 2.21. The number of allylic oxidation sites excluding steroid dienone is 2. The Morgan fingerprint density at radius 1 is 1.79 bits per heavy atom. The Hall–Kier alpha value is -1.17. The van der Waals surface area contributed by atoms with Crippen LogP contribution in [-0.4, -0.2) is 14.7 Å². The second-order valence-corrected chi connectivity index (χ2v) is 3.92. The summed E-state index contributed by atoms with van der Waals surface area (Å²) in [6, 6.07) is 0. The maximum Gasteiger partial charge on any atom is 0.404 e. The second kappa shape index (κ2) is 4.36. The maximum atomic E-state index is 10.5. The normalized spacial score (nSPS) is 9.93. The van der Waals surface area contributed by atoms with Crippen LogP contribution in [0.1, 0.15) is 13.8 Å². The molecule has 0 unspecified atom stereocenters. The molecule has 0 N–H and O–H groups in total. The molecule has 0 aliphatic heterocycles. The zero-order valence-corrected chi connectivity index (χ0v) is 9.48. The van der Waals surface area contributed by atoms with E-state index in [1.165, 1.54) is 4.68 Å². The summed E-state index contributed by atoms with van der Waals surface area (Å²) in [4.78, 5) is 9.95. The van der Waals surface area contributed by atoms with Crippen LogP contribution in [0, 0.1) is 10.1 Å². The molecular weight excluding hydrogens is 250 g/mol. The largest absolute Gasteiger partial charge is 0.404 e. The number of halogens is 1. The average Bonchev–Trinajstić information content (AvgIpc) is 2.43. The molecule has 76 valence electrons. The first-order valence-electron chi connectivity index (χ1n) is 4.01. The molecule has 0 aliphatic carbocycles. The summed E-state index contributed by atoms with van der Waals surface area (Å²) in [6.07, 6.45) is 3.54. The van der Waals surface area contributed by atoms with Gasteiger partial charge in [-0.25, -0.2) is 0 Å². The average molecular weight is 260 g/mol. The molecule has 6 heteroatoms. The van der Waals surface area contributed by atoms with Gasteiger partial charge in [-0.15, -0.1) is 0 Å². The van der Waals surface area contributed by atoms with Crippen molar-refractivity contribution in [2.45, 2.75) is 20.4 Å². The van der Waals surface area contributed by atoms with Crippen molar-refractivity contribution in [3.05, 3.63) is 32.4 Å². The van der Waals surface area contributed by atoms with E-state index >= 15 is 0 Å². The van der Waals surface area contributed by atoms with Gasteiger partial charge in [0.15, 0.2) is 0 Å². The van der Waals surface area contributed by atoms with Crippen LogP contribution in [-0.2, 0) is 6.54 Å². The monoisotopic (exact) mass is 259 g/mol. The third kappa shape index (κ3) is 2.66. The third-order valence-corrected chi connectivity index (χ3v) is 2.12. The summed E-state index contributed by atoms with van der Waals surface area (Å²) < 4.78 is 1.93. The lowest BCUT2D eigenvalue weighted by Gasteiger charge is -1.89. The van der Waals surface area contributed by atoms with E-state index in [1.54, 1.807) is 6.20 Å². The quantitative estimate of drug-likeness (QED) is 0.476. The van der Waals surface area contributed by atoms with Crippen molar-refractivity contribution in [3.63, 3.8) is 0 Å². The minimum absolute atomic E-state index is 0.146. The highest BCUT2D eigenvalue weighted by Gasteiger charge is 2.17. The molecule has 0 bridgehead atoms. The van der Waals surface area contributed by atoms with E-state index in [-0.39, 0.29) is 5.82 Å². The third-order valence-electron chi connectivity index (χ3n) is 1.56. The maximum absolute atomic E-state index is 10.5. The molecule has 0 saturated heterocycles. The molecule has 5 nitrogen and oxygen atoms in total. The fourth-order valence-corrected chi connectivity index (χ4v) is 1.34. The van der Waals surface area contributed by atoms with E-state index in [9.17, 15) is 10.1 Å². The molecule has 0 radical (unpaired) electrons. The van der Waals surface area contributed by atoms with Crippen molar-refractivity contribution in [1.29, 1.82) is 0 Å². The van der Waals surface area contributed by atoms with Crippen LogP contribution in [0.15, 0.2) is 22.3 Å². The fraction of sp³-hybridized carbons (Fsp3) is 0.375. The van der Waals surface area contributed by atoms with E-state index < -0.39 is 4.92 Å². The van der Waals surface area contributed by atoms with E-state index in [1.807, 2.05) is 19.9 Å². The van der Waals surface area contributed by atoms with E-state index in [2.05, 4.69) is 21.0 Å². The summed E-state index contributed by atoms with van der Waals surface area (Å²) in [5.41, 5.74) is 1.15. The van der Waals surface area contributed by atoms with Crippen LogP contribution in [0.25, 0.3) is 0 Å². The Balaban J connectivity index is 2.86. The van der Waals surface area contributed by atoms with Crippen molar-refractivity contribution < 1.29 is 4.92 Å². The predicted octanol–water partition coefficient (Wildman–Crippen LogP) is 2.52. The Morgan fingerprint density at radius 3 is 2.86 bits per heavy atom. The van der Waals surface area contributed by atoms with Gasteiger partial charge in [-0.3, -0.25) is 0 Å². The number of rotatable bonds is 3. The predicted molar refractivity (Wildman–Crippen MR) is 56.0 cm³/mol. The van der Waals surface area contributed by atoms with Gasteiger partial charge in [0.1, 0.15) is 4.47 Å². The molecular formula is C8H10BrN3O2. The van der Waals surface area contributed by atoms with Crippen LogP contribution in [0.3, 0.4) is 0 Å². The SMILES string of the molecule is CC(C)=CCn1cc(Br)c([N+](=O)[O-])n1. The van der Waals surface area contributed by atoms with E-state index in [0.29, 0.717) is 11.0 Å². The summed E-state index contributed by atoms with van der Waals surface area (Å²) in [5.74, 6) is -0.146. The Bertz CT molecular complexity index is 380. The molecule has 0 saturated carbocycles. The minimum Gasteiger partial charge on any atom is -0.358 e. The van der Waals surface area contributed by atoms with E-state index in [0.717, 1.165) is 5.57 Å². The number of nitrogens with zero attached hydrogens (tertiary/aromatic N) is 3. The highest BCUT2D eigenvalue weighted by molar-refractivity contribution is 9.10. The highest BCUT2D eigenvalue weighted by atomic mass is 79.9. The van der Waals surface area contributed by atoms with Gasteiger partial charge in [0.25, 0.3) is 0 Å². The van der Waals surface area contributed by atoms with Gasteiger partial charge in [0, 0.05) is 0 Å². The minimum atomic E-state index is -0.511. The fourth-order valence-electron chi connectivity index (χ4n) is 0.880. The Kier molecular flexibility index (Phi) is 3.40. The van der Waals surface area contributed by atoms with Crippen molar-refractivity contribution in [1.82, 2.24) is 9.78 Å².